The second-order valence-electron chi connectivity index (χ2n) is 5.25. The molecule has 1 heterocycles. The molecule has 2 rings (SSSR count). The van der Waals surface area contributed by atoms with E-state index in [1.165, 1.54) is 4.88 Å². The number of aliphatic hydroxyl groups is 1. The molecule has 21 heavy (non-hydrogen) atoms. The van der Waals surface area contributed by atoms with Gasteiger partial charge in [0.15, 0.2) is 5.96 Å². The highest BCUT2D eigenvalue weighted by molar-refractivity contribution is 14.0. The minimum Gasteiger partial charge on any atom is -0.393 e. The molecule has 4 nitrogen and oxygen atoms in total. The van der Waals surface area contributed by atoms with Crippen LogP contribution in [0.2, 0.25) is 4.34 Å². The molecule has 1 fully saturated rings. The van der Waals surface area contributed by atoms with Gasteiger partial charge in [0.25, 0.3) is 0 Å². The number of nitrogens with zero attached hydrogens (tertiary/aromatic N) is 2. The van der Waals surface area contributed by atoms with Crippen LogP contribution >= 0.6 is 46.9 Å². The van der Waals surface area contributed by atoms with Crippen LogP contribution in [0.4, 0.5) is 0 Å². The number of thiophene rings is 1. The minimum atomic E-state index is -0.165. The summed E-state index contributed by atoms with van der Waals surface area (Å²) in [6, 6.07) is 3.96. The molecule has 1 aromatic heterocycles. The van der Waals surface area contributed by atoms with E-state index in [4.69, 9.17) is 11.6 Å². The first-order chi connectivity index (χ1) is 9.60. The Hall–Kier alpha value is -0.0500. The first-order valence-electron chi connectivity index (χ1n) is 6.94. The van der Waals surface area contributed by atoms with Gasteiger partial charge in [-0.2, -0.15) is 0 Å². The van der Waals surface area contributed by atoms with Crippen LogP contribution in [0.1, 0.15) is 24.1 Å². The molecule has 2 unspecified atom stereocenters. The van der Waals surface area contributed by atoms with E-state index in [0.717, 1.165) is 42.6 Å². The van der Waals surface area contributed by atoms with Gasteiger partial charge in [-0.1, -0.05) is 18.0 Å². The lowest BCUT2D eigenvalue weighted by Gasteiger charge is -2.23. The fraction of sp³-hybridized carbons (Fsp3) is 0.643. The molecular formula is C14H23ClIN3OS. The lowest BCUT2D eigenvalue weighted by Crippen LogP contribution is -2.41. The second kappa shape index (κ2) is 9.17. The molecule has 0 amide bonds. The van der Waals surface area contributed by atoms with Crippen LogP contribution in [0.25, 0.3) is 0 Å². The topological polar surface area (TPSA) is 47.9 Å². The quantitative estimate of drug-likeness (QED) is 0.427. The molecule has 120 valence electrons. The van der Waals surface area contributed by atoms with Crippen molar-refractivity contribution in [2.24, 2.45) is 10.9 Å². The summed E-state index contributed by atoms with van der Waals surface area (Å²) in [5, 5.41) is 13.2. The van der Waals surface area contributed by atoms with E-state index in [-0.39, 0.29) is 30.1 Å². The average molecular weight is 444 g/mol. The third-order valence-electron chi connectivity index (χ3n) is 3.74. The zero-order valence-corrected chi connectivity index (χ0v) is 16.3. The van der Waals surface area contributed by atoms with E-state index < -0.39 is 0 Å². The summed E-state index contributed by atoms with van der Waals surface area (Å²) < 4.78 is 0.811. The van der Waals surface area contributed by atoms with Crippen molar-refractivity contribution < 1.29 is 5.11 Å². The molecule has 2 N–H and O–H groups in total. The molecule has 0 aromatic carbocycles. The fourth-order valence-corrected chi connectivity index (χ4v) is 3.75. The summed E-state index contributed by atoms with van der Waals surface area (Å²) in [7, 11) is 3.79. The molecule has 0 saturated heterocycles. The molecular weight excluding hydrogens is 421 g/mol. The molecule has 0 bridgehead atoms. The largest absolute Gasteiger partial charge is 0.393 e. The van der Waals surface area contributed by atoms with Gasteiger partial charge in [-0.3, -0.25) is 4.99 Å². The van der Waals surface area contributed by atoms with E-state index in [0.29, 0.717) is 5.92 Å². The number of aliphatic hydroxyl groups excluding tert-OH is 1. The summed E-state index contributed by atoms with van der Waals surface area (Å²) in [5.41, 5.74) is 0. The maximum absolute atomic E-state index is 9.84. The van der Waals surface area contributed by atoms with Crippen LogP contribution in [0.3, 0.4) is 0 Å². The first-order valence-corrected chi connectivity index (χ1v) is 8.13. The number of rotatable bonds is 4. The average Bonchev–Trinajstić information content (AvgIpc) is 3.00. The Morgan fingerprint density at radius 3 is 2.81 bits per heavy atom. The Balaban J connectivity index is 0.00000220. The third-order valence-corrected chi connectivity index (χ3v) is 4.95. The Morgan fingerprint density at radius 1 is 1.52 bits per heavy atom. The summed E-state index contributed by atoms with van der Waals surface area (Å²) in [6.07, 6.45) is 2.97. The van der Waals surface area contributed by atoms with Gasteiger partial charge >= 0.3 is 0 Å². The highest BCUT2D eigenvalue weighted by atomic mass is 127. The van der Waals surface area contributed by atoms with E-state index in [9.17, 15) is 5.11 Å². The molecule has 0 aliphatic heterocycles. The van der Waals surface area contributed by atoms with E-state index in [1.54, 1.807) is 18.4 Å². The molecule has 1 saturated carbocycles. The number of aliphatic imine (C=N–C) groups is 1. The molecule has 1 aromatic rings. The molecule has 7 heteroatoms. The molecule has 0 radical (unpaired) electrons. The Bertz CT molecular complexity index is 469. The van der Waals surface area contributed by atoms with Crippen molar-refractivity contribution in [3.63, 3.8) is 0 Å². The maximum atomic E-state index is 9.84. The van der Waals surface area contributed by atoms with Gasteiger partial charge in [-0.05, 0) is 25.0 Å². The van der Waals surface area contributed by atoms with Crippen LogP contribution in [-0.4, -0.2) is 42.7 Å². The molecule has 2 atom stereocenters. The van der Waals surface area contributed by atoms with Crippen molar-refractivity contribution in [1.82, 2.24) is 10.2 Å². The number of halogens is 2. The second-order valence-corrected chi connectivity index (χ2v) is 7.05. The van der Waals surface area contributed by atoms with Gasteiger partial charge < -0.3 is 15.3 Å². The fourth-order valence-electron chi connectivity index (χ4n) is 2.61. The summed E-state index contributed by atoms with van der Waals surface area (Å²) >= 11 is 7.54. The van der Waals surface area contributed by atoms with Crippen LogP contribution < -0.4 is 5.32 Å². The molecule has 1 aliphatic carbocycles. The van der Waals surface area contributed by atoms with Crippen molar-refractivity contribution in [3.8, 4) is 0 Å². The minimum absolute atomic E-state index is 0. The van der Waals surface area contributed by atoms with Gasteiger partial charge in [0, 0.05) is 31.4 Å². The molecule has 1 aliphatic rings. The van der Waals surface area contributed by atoms with E-state index in [1.807, 2.05) is 19.2 Å². The Labute approximate surface area is 152 Å². The van der Waals surface area contributed by atoms with Gasteiger partial charge in [0.1, 0.15) is 0 Å². The monoisotopic (exact) mass is 443 g/mol. The van der Waals surface area contributed by atoms with Crippen LogP contribution in [0.5, 0.6) is 0 Å². The van der Waals surface area contributed by atoms with Crippen LogP contribution in [-0.2, 0) is 6.54 Å². The van der Waals surface area contributed by atoms with E-state index in [2.05, 4.69) is 15.2 Å². The number of hydrogen-bond donors (Lipinski definition) is 2. The predicted molar refractivity (Wildman–Crippen MR) is 101 cm³/mol. The van der Waals surface area contributed by atoms with Gasteiger partial charge in [0.05, 0.1) is 17.0 Å². The normalized spacial score (nSPS) is 22.0. The highest BCUT2D eigenvalue weighted by Gasteiger charge is 2.25. The van der Waals surface area contributed by atoms with Gasteiger partial charge in [0.2, 0.25) is 0 Å². The Morgan fingerprint density at radius 2 is 2.29 bits per heavy atom. The Kier molecular flexibility index (Phi) is 8.30. The number of hydrogen-bond acceptors (Lipinski definition) is 3. The van der Waals surface area contributed by atoms with Crippen molar-refractivity contribution in [3.05, 3.63) is 21.3 Å². The zero-order chi connectivity index (χ0) is 14.5. The zero-order valence-electron chi connectivity index (χ0n) is 12.4. The summed E-state index contributed by atoms with van der Waals surface area (Å²) in [5.74, 6) is 1.20. The lowest BCUT2D eigenvalue weighted by molar-refractivity contribution is 0.134. The van der Waals surface area contributed by atoms with Crippen molar-refractivity contribution in [2.45, 2.75) is 31.9 Å². The van der Waals surface area contributed by atoms with Crippen LogP contribution in [0.15, 0.2) is 17.1 Å². The van der Waals surface area contributed by atoms with Crippen LogP contribution in [0, 0.1) is 5.92 Å². The smallest absolute Gasteiger partial charge is 0.193 e. The molecule has 0 spiro atoms. The number of nitrogens with one attached hydrogen (secondary N) is 1. The predicted octanol–water partition coefficient (Wildman–Crippen LogP) is 3.19. The third kappa shape index (κ3) is 5.58. The number of guanidine groups is 1. The maximum Gasteiger partial charge on any atom is 0.193 e. The van der Waals surface area contributed by atoms with Gasteiger partial charge in [-0.25, -0.2) is 0 Å². The lowest BCUT2D eigenvalue weighted by atomic mass is 10.1. The SMILES string of the molecule is CN=C(NCC1CCCC1O)N(C)Cc1ccc(Cl)s1.I. The van der Waals surface area contributed by atoms with Crippen molar-refractivity contribution >= 4 is 52.9 Å². The first kappa shape index (κ1) is 19.0. The highest BCUT2D eigenvalue weighted by Crippen LogP contribution is 2.25. The summed E-state index contributed by atoms with van der Waals surface area (Å²) in [6.45, 7) is 1.56. The summed E-state index contributed by atoms with van der Waals surface area (Å²) in [4.78, 5) is 7.58. The van der Waals surface area contributed by atoms with E-state index >= 15 is 0 Å². The standard InChI is InChI=1S/C14H22ClN3OS.HI/c1-16-14(17-8-10-4-3-5-12(10)19)18(2)9-11-6-7-13(15)20-11;/h6-7,10,12,19H,3-5,8-9H2,1-2H3,(H,16,17);1H. The van der Waals surface area contributed by atoms with Crippen molar-refractivity contribution in [2.75, 3.05) is 20.6 Å². The van der Waals surface area contributed by atoms with Crippen molar-refractivity contribution in [1.29, 1.82) is 0 Å². The van der Waals surface area contributed by atoms with Gasteiger partial charge in [-0.15, -0.1) is 35.3 Å².